The van der Waals surface area contributed by atoms with Gasteiger partial charge in [0.15, 0.2) is 0 Å². The Kier molecular flexibility index (Phi) is 4.59. The summed E-state index contributed by atoms with van der Waals surface area (Å²) < 4.78 is 10.7. The molecule has 0 saturated carbocycles. The molecule has 0 aromatic carbocycles. The van der Waals surface area contributed by atoms with Crippen molar-refractivity contribution in [2.75, 3.05) is 32.8 Å². The summed E-state index contributed by atoms with van der Waals surface area (Å²) in [6, 6.07) is 1.72. The van der Waals surface area contributed by atoms with Gasteiger partial charge in [0.1, 0.15) is 25.1 Å². The van der Waals surface area contributed by atoms with Crippen molar-refractivity contribution in [3.8, 4) is 5.88 Å². The van der Waals surface area contributed by atoms with E-state index in [1.165, 1.54) is 4.90 Å². The quantitative estimate of drug-likeness (QED) is 0.808. The van der Waals surface area contributed by atoms with Gasteiger partial charge in [-0.05, 0) is 19.8 Å². The van der Waals surface area contributed by atoms with E-state index in [0.29, 0.717) is 37.9 Å². The SMILES string of the molecule is Cc1nccc(OC2CCCN(C(=O)CN3CCOC3=O)C2)n1. The zero-order valence-electron chi connectivity index (χ0n) is 13.1. The number of ether oxygens (including phenoxy) is 2. The van der Waals surface area contributed by atoms with Crippen LogP contribution in [0.5, 0.6) is 5.88 Å². The maximum absolute atomic E-state index is 12.3. The van der Waals surface area contributed by atoms with Crippen LogP contribution in [0.3, 0.4) is 0 Å². The molecule has 0 N–H and O–H groups in total. The van der Waals surface area contributed by atoms with Crippen LogP contribution in [0.1, 0.15) is 18.7 Å². The maximum Gasteiger partial charge on any atom is 0.410 e. The van der Waals surface area contributed by atoms with Crippen molar-refractivity contribution in [3.63, 3.8) is 0 Å². The lowest BCUT2D eigenvalue weighted by Gasteiger charge is -2.33. The number of aromatic nitrogens is 2. The number of amides is 2. The molecule has 2 aliphatic rings. The number of aryl methyl sites for hydroxylation is 1. The average molecular weight is 320 g/mol. The summed E-state index contributed by atoms with van der Waals surface area (Å²) in [5.41, 5.74) is 0. The molecule has 0 aliphatic carbocycles. The van der Waals surface area contributed by atoms with Crippen molar-refractivity contribution in [2.24, 2.45) is 0 Å². The zero-order valence-corrected chi connectivity index (χ0v) is 13.1. The van der Waals surface area contributed by atoms with Crippen LogP contribution in [0.25, 0.3) is 0 Å². The van der Waals surface area contributed by atoms with E-state index in [9.17, 15) is 9.59 Å². The monoisotopic (exact) mass is 320 g/mol. The Labute approximate surface area is 134 Å². The summed E-state index contributed by atoms with van der Waals surface area (Å²) >= 11 is 0. The summed E-state index contributed by atoms with van der Waals surface area (Å²) in [7, 11) is 0. The fraction of sp³-hybridized carbons (Fsp3) is 0.600. The molecule has 0 bridgehead atoms. The van der Waals surface area contributed by atoms with Crippen LogP contribution in [0, 0.1) is 6.92 Å². The second kappa shape index (κ2) is 6.80. The molecule has 8 heteroatoms. The van der Waals surface area contributed by atoms with Gasteiger partial charge in [0.05, 0.1) is 13.1 Å². The first kappa shape index (κ1) is 15.5. The topological polar surface area (TPSA) is 84.9 Å². The van der Waals surface area contributed by atoms with Gasteiger partial charge < -0.3 is 14.4 Å². The largest absolute Gasteiger partial charge is 0.472 e. The lowest BCUT2D eigenvalue weighted by molar-refractivity contribution is -0.134. The molecule has 3 heterocycles. The third kappa shape index (κ3) is 3.88. The minimum absolute atomic E-state index is 0.0676. The molecule has 3 rings (SSSR count). The molecule has 1 unspecified atom stereocenters. The van der Waals surface area contributed by atoms with Crippen molar-refractivity contribution >= 4 is 12.0 Å². The summed E-state index contributed by atoms with van der Waals surface area (Å²) in [4.78, 5) is 35.2. The Balaban J connectivity index is 1.55. The smallest absolute Gasteiger partial charge is 0.410 e. The Morgan fingerprint density at radius 2 is 2.35 bits per heavy atom. The highest BCUT2D eigenvalue weighted by Gasteiger charge is 2.29. The van der Waals surface area contributed by atoms with Crippen LogP contribution in [0.15, 0.2) is 12.3 Å². The van der Waals surface area contributed by atoms with Crippen LogP contribution in [-0.4, -0.2) is 70.7 Å². The second-order valence-corrected chi connectivity index (χ2v) is 5.70. The van der Waals surface area contributed by atoms with Crippen LogP contribution < -0.4 is 4.74 Å². The molecular formula is C15H20N4O4. The molecule has 8 nitrogen and oxygen atoms in total. The predicted octanol–water partition coefficient (Wildman–Crippen LogP) is 0.607. The molecule has 23 heavy (non-hydrogen) atoms. The van der Waals surface area contributed by atoms with E-state index < -0.39 is 6.09 Å². The number of hydrogen-bond donors (Lipinski definition) is 0. The summed E-state index contributed by atoms with van der Waals surface area (Å²) in [5, 5.41) is 0. The van der Waals surface area contributed by atoms with Gasteiger partial charge in [0.2, 0.25) is 11.8 Å². The number of hydrogen-bond acceptors (Lipinski definition) is 6. The van der Waals surface area contributed by atoms with E-state index in [-0.39, 0.29) is 18.6 Å². The minimum atomic E-state index is -0.417. The van der Waals surface area contributed by atoms with Gasteiger partial charge >= 0.3 is 6.09 Å². The molecule has 1 aromatic heterocycles. The average Bonchev–Trinajstić information content (AvgIpc) is 2.93. The van der Waals surface area contributed by atoms with E-state index >= 15 is 0 Å². The van der Waals surface area contributed by atoms with Crippen LogP contribution >= 0.6 is 0 Å². The van der Waals surface area contributed by atoms with Crippen molar-refractivity contribution in [3.05, 3.63) is 18.1 Å². The predicted molar refractivity (Wildman–Crippen MR) is 79.9 cm³/mol. The number of likely N-dealkylation sites (tertiary alicyclic amines) is 1. The summed E-state index contributed by atoms with van der Waals surface area (Å²) in [6.07, 6.45) is 2.89. The van der Waals surface area contributed by atoms with Crippen molar-refractivity contribution in [2.45, 2.75) is 25.9 Å². The minimum Gasteiger partial charge on any atom is -0.472 e. The second-order valence-electron chi connectivity index (χ2n) is 5.70. The van der Waals surface area contributed by atoms with Gasteiger partial charge in [-0.3, -0.25) is 9.69 Å². The van der Waals surface area contributed by atoms with Gasteiger partial charge in [-0.25, -0.2) is 9.78 Å². The van der Waals surface area contributed by atoms with Gasteiger partial charge in [-0.1, -0.05) is 0 Å². The molecule has 124 valence electrons. The van der Waals surface area contributed by atoms with E-state index in [4.69, 9.17) is 9.47 Å². The van der Waals surface area contributed by atoms with E-state index in [1.807, 2.05) is 0 Å². The molecule has 2 fully saturated rings. The van der Waals surface area contributed by atoms with Crippen LogP contribution in [-0.2, 0) is 9.53 Å². The maximum atomic E-state index is 12.3. The molecule has 2 saturated heterocycles. The highest BCUT2D eigenvalue weighted by molar-refractivity contribution is 5.83. The molecule has 2 aliphatic heterocycles. The summed E-state index contributed by atoms with van der Waals surface area (Å²) in [6.45, 7) is 3.88. The van der Waals surface area contributed by atoms with Gasteiger partial charge in [0.25, 0.3) is 0 Å². The number of rotatable bonds is 4. The lowest BCUT2D eigenvalue weighted by atomic mass is 10.1. The fourth-order valence-electron chi connectivity index (χ4n) is 2.76. The van der Waals surface area contributed by atoms with Crippen molar-refractivity contribution in [1.82, 2.24) is 19.8 Å². The Morgan fingerprint density at radius 1 is 1.48 bits per heavy atom. The first-order valence-corrected chi connectivity index (χ1v) is 7.77. The number of carbonyl (C=O) groups excluding carboxylic acids is 2. The highest BCUT2D eigenvalue weighted by atomic mass is 16.6. The Bertz CT molecular complexity index is 595. The molecule has 1 atom stereocenters. The molecule has 0 spiro atoms. The van der Waals surface area contributed by atoms with E-state index in [1.54, 1.807) is 24.1 Å². The van der Waals surface area contributed by atoms with Crippen LogP contribution in [0.2, 0.25) is 0 Å². The number of carbonyl (C=O) groups is 2. The highest BCUT2D eigenvalue weighted by Crippen LogP contribution is 2.17. The Hall–Kier alpha value is -2.38. The van der Waals surface area contributed by atoms with Gasteiger partial charge in [0, 0.05) is 18.8 Å². The third-order valence-electron chi connectivity index (χ3n) is 3.94. The molecular weight excluding hydrogens is 300 g/mol. The first-order chi connectivity index (χ1) is 11.1. The number of nitrogens with zero attached hydrogens (tertiary/aromatic N) is 4. The van der Waals surface area contributed by atoms with Crippen molar-refractivity contribution in [1.29, 1.82) is 0 Å². The van der Waals surface area contributed by atoms with E-state index in [2.05, 4.69) is 9.97 Å². The van der Waals surface area contributed by atoms with Gasteiger partial charge in [-0.15, -0.1) is 0 Å². The Morgan fingerprint density at radius 3 is 3.09 bits per heavy atom. The molecule has 0 radical (unpaired) electrons. The fourth-order valence-corrected chi connectivity index (χ4v) is 2.76. The third-order valence-corrected chi connectivity index (χ3v) is 3.94. The van der Waals surface area contributed by atoms with Gasteiger partial charge in [-0.2, -0.15) is 4.98 Å². The van der Waals surface area contributed by atoms with E-state index in [0.717, 1.165) is 12.8 Å². The van der Waals surface area contributed by atoms with Crippen molar-refractivity contribution < 1.29 is 19.1 Å². The molecule has 1 aromatic rings. The number of piperidine rings is 1. The standard InChI is InChI=1S/C15H20N4O4/c1-11-16-5-4-13(17-11)23-12-3-2-6-18(9-12)14(20)10-19-7-8-22-15(19)21/h4-5,12H,2-3,6-10H2,1H3. The lowest BCUT2D eigenvalue weighted by Crippen LogP contribution is -2.48. The molecule has 2 amide bonds. The van der Waals surface area contributed by atoms with Crippen LogP contribution in [0.4, 0.5) is 4.79 Å². The zero-order chi connectivity index (χ0) is 16.2. The first-order valence-electron chi connectivity index (χ1n) is 7.77. The normalized spacial score (nSPS) is 21.3. The number of cyclic esters (lactones) is 1. The summed E-state index contributed by atoms with van der Waals surface area (Å²) in [5.74, 6) is 1.11.